The summed E-state index contributed by atoms with van der Waals surface area (Å²) in [6.45, 7) is 3.73. The summed E-state index contributed by atoms with van der Waals surface area (Å²) in [6, 6.07) is 2.61. The SMILES string of the molecule is Cc1cc2c(N(C)C3CCOCC3)nc(N)nc2s1. The van der Waals surface area contributed by atoms with E-state index in [0.29, 0.717) is 12.0 Å². The van der Waals surface area contributed by atoms with Gasteiger partial charge in [0.25, 0.3) is 0 Å². The van der Waals surface area contributed by atoms with Crippen LogP contribution in [-0.2, 0) is 4.74 Å². The Kier molecular flexibility index (Phi) is 3.28. The molecular formula is C13H18N4OS. The molecule has 0 atom stereocenters. The summed E-state index contributed by atoms with van der Waals surface area (Å²) in [7, 11) is 2.09. The maximum atomic E-state index is 5.83. The first-order valence-corrected chi connectivity index (χ1v) is 7.31. The van der Waals surface area contributed by atoms with Gasteiger partial charge in [0.05, 0.1) is 5.39 Å². The third-order valence-corrected chi connectivity index (χ3v) is 4.53. The molecule has 0 aliphatic carbocycles. The number of hydrogen-bond donors (Lipinski definition) is 1. The highest BCUT2D eigenvalue weighted by atomic mass is 32.1. The molecule has 3 rings (SSSR count). The lowest BCUT2D eigenvalue weighted by atomic mass is 10.1. The summed E-state index contributed by atoms with van der Waals surface area (Å²) in [4.78, 5) is 13.2. The van der Waals surface area contributed by atoms with Crippen LogP contribution in [0.25, 0.3) is 10.2 Å². The highest BCUT2D eigenvalue weighted by Crippen LogP contribution is 2.32. The molecule has 0 amide bonds. The largest absolute Gasteiger partial charge is 0.381 e. The third-order valence-electron chi connectivity index (χ3n) is 3.59. The van der Waals surface area contributed by atoms with E-state index in [9.17, 15) is 0 Å². The van der Waals surface area contributed by atoms with Crippen LogP contribution in [0.1, 0.15) is 17.7 Å². The zero-order valence-corrected chi connectivity index (χ0v) is 12.0. The summed E-state index contributed by atoms with van der Waals surface area (Å²) in [6.07, 6.45) is 2.07. The van der Waals surface area contributed by atoms with Crippen LogP contribution < -0.4 is 10.6 Å². The minimum Gasteiger partial charge on any atom is -0.381 e. The molecule has 6 heteroatoms. The first-order valence-electron chi connectivity index (χ1n) is 6.49. The molecule has 0 saturated carbocycles. The summed E-state index contributed by atoms with van der Waals surface area (Å²) < 4.78 is 5.42. The van der Waals surface area contributed by atoms with Crippen LogP contribution in [0.5, 0.6) is 0 Å². The van der Waals surface area contributed by atoms with Crippen molar-refractivity contribution in [2.24, 2.45) is 0 Å². The Morgan fingerprint density at radius 1 is 1.37 bits per heavy atom. The van der Waals surface area contributed by atoms with Crippen LogP contribution in [0.15, 0.2) is 6.07 Å². The summed E-state index contributed by atoms with van der Waals surface area (Å²) in [5, 5.41) is 1.10. The van der Waals surface area contributed by atoms with E-state index in [0.717, 1.165) is 42.1 Å². The van der Waals surface area contributed by atoms with Crippen molar-refractivity contribution >= 4 is 33.3 Å². The van der Waals surface area contributed by atoms with Gasteiger partial charge in [-0.1, -0.05) is 0 Å². The summed E-state index contributed by atoms with van der Waals surface area (Å²) in [5.41, 5.74) is 5.83. The topological polar surface area (TPSA) is 64.3 Å². The number of nitrogens with two attached hydrogens (primary N) is 1. The molecule has 1 aliphatic heterocycles. The Hall–Kier alpha value is -1.40. The molecule has 2 aromatic heterocycles. The van der Waals surface area contributed by atoms with Gasteiger partial charge in [0, 0.05) is 31.2 Å². The second-order valence-electron chi connectivity index (χ2n) is 4.94. The molecule has 2 N–H and O–H groups in total. The molecule has 3 heterocycles. The first kappa shape index (κ1) is 12.6. The van der Waals surface area contributed by atoms with Gasteiger partial charge < -0.3 is 15.4 Å². The second-order valence-corrected chi connectivity index (χ2v) is 6.17. The predicted octanol–water partition coefficient (Wildman–Crippen LogP) is 2.20. The average Bonchev–Trinajstić information content (AvgIpc) is 2.78. The maximum Gasteiger partial charge on any atom is 0.223 e. The summed E-state index contributed by atoms with van der Waals surface area (Å²) >= 11 is 1.66. The fourth-order valence-corrected chi connectivity index (χ4v) is 3.44. The van der Waals surface area contributed by atoms with Gasteiger partial charge in [0.2, 0.25) is 5.95 Å². The van der Waals surface area contributed by atoms with Crippen molar-refractivity contribution in [1.29, 1.82) is 0 Å². The zero-order chi connectivity index (χ0) is 13.4. The van der Waals surface area contributed by atoms with Gasteiger partial charge in [0.1, 0.15) is 10.6 Å². The molecule has 5 nitrogen and oxygen atoms in total. The Morgan fingerprint density at radius 3 is 2.84 bits per heavy atom. The van der Waals surface area contributed by atoms with E-state index < -0.39 is 0 Å². The van der Waals surface area contributed by atoms with Gasteiger partial charge in [-0.05, 0) is 25.8 Å². The van der Waals surface area contributed by atoms with E-state index in [1.54, 1.807) is 11.3 Å². The van der Waals surface area contributed by atoms with Gasteiger partial charge >= 0.3 is 0 Å². The Labute approximate surface area is 116 Å². The number of thiophene rings is 1. The average molecular weight is 278 g/mol. The smallest absolute Gasteiger partial charge is 0.223 e. The Balaban J connectivity index is 2.02. The molecule has 0 bridgehead atoms. The van der Waals surface area contributed by atoms with E-state index in [1.165, 1.54) is 4.88 Å². The van der Waals surface area contributed by atoms with Gasteiger partial charge in [-0.2, -0.15) is 4.98 Å². The molecule has 1 saturated heterocycles. The van der Waals surface area contributed by atoms with Gasteiger partial charge in [-0.25, -0.2) is 4.98 Å². The number of hydrogen-bond acceptors (Lipinski definition) is 6. The minimum absolute atomic E-state index is 0.350. The molecule has 0 radical (unpaired) electrons. The number of nitrogen functional groups attached to an aromatic ring is 1. The maximum absolute atomic E-state index is 5.83. The van der Waals surface area contributed by atoms with Crippen molar-refractivity contribution in [3.63, 3.8) is 0 Å². The molecule has 19 heavy (non-hydrogen) atoms. The second kappa shape index (κ2) is 4.94. The van der Waals surface area contributed by atoms with Crippen molar-refractivity contribution < 1.29 is 4.74 Å². The fraction of sp³-hybridized carbons (Fsp3) is 0.538. The fourth-order valence-electron chi connectivity index (χ4n) is 2.56. The van der Waals surface area contributed by atoms with Gasteiger partial charge in [0.15, 0.2) is 0 Å². The number of anilines is 2. The lowest BCUT2D eigenvalue weighted by molar-refractivity contribution is 0.0854. The van der Waals surface area contributed by atoms with Gasteiger partial charge in [-0.3, -0.25) is 0 Å². The lowest BCUT2D eigenvalue weighted by Gasteiger charge is -2.32. The molecule has 1 aliphatic rings. The van der Waals surface area contributed by atoms with Crippen LogP contribution in [0, 0.1) is 6.92 Å². The number of rotatable bonds is 2. The predicted molar refractivity (Wildman–Crippen MR) is 78.8 cm³/mol. The van der Waals surface area contributed by atoms with E-state index >= 15 is 0 Å². The van der Waals surface area contributed by atoms with Crippen LogP contribution in [0.3, 0.4) is 0 Å². The van der Waals surface area contributed by atoms with Crippen molar-refractivity contribution in [2.75, 3.05) is 30.9 Å². The monoisotopic (exact) mass is 278 g/mol. The number of aromatic nitrogens is 2. The van der Waals surface area contributed by atoms with Crippen molar-refractivity contribution in [3.05, 3.63) is 10.9 Å². The van der Waals surface area contributed by atoms with E-state index in [1.807, 2.05) is 0 Å². The highest BCUT2D eigenvalue weighted by Gasteiger charge is 2.22. The Bertz CT molecular complexity index is 592. The molecular weight excluding hydrogens is 260 g/mol. The molecule has 0 aromatic carbocycles. The van der Waals surface area contributed by atoms with Crippen LogP contribution in [-0.4, -0.2) is 36.3 Å². The third kappa shape index (κ3) is 2.37. The van der Waals surface area contributed by atoms with Crippen molar-refractivity contribution in [3.8, 4) is 0 Å². The number of aryl methyl sites for hydroxylation is 1. The Morgan fingerprint density at radius 2 is 2.11 bits per heavy atom. The van der Waals surface area contributed by atoms with E-state index in [4.69, 9.17) is 10.5 Å². The highest BCUT2D eigenvalue weighted by molar-refractivity contribution is 7.18. The van der Waals surface area contributed by atoms with Gasteiger partial charge in [-0.15, -0.1) is 11.3 Å². The number of ether oxygens (including phenoxy) is 1. The van der Waals surface area contributed by atoms with Crippen LogP contribution in [0.2, 0.25) is 0 Å². The van der Waals surface area contributed by atoms with Crippen LogP contribution >= 0.6 is 11.3 Å². The van der Waals surface area contributed by atoms with E-state index in [-0.39, 0.29) is 0 Å². The quantitative estimate of drug-likeness (QED) is 0.912. The molecule has 0 spiro atoms. The van der Waals surface area contributed by atoms with Crippen molar-refractivity contribution in [2.45, 2.75) is 25.8 Å². The standard InChI is InChI=1S/C13H18N4OS/c1-8-7-10-11(15-13(14)16-12(10)19-8)17(2)9-3-5-18-6-4-9/h7,9H,3-6H2,1-2H3,(H2,14,15,16). The van der Waals surface area contributed by atoms with Crippen molar-refractivity contribution in [1.82, 2.24) is 9.97 Å². The lowest BCUT2D eigenvalue weighted by Crippen LogP contribution is -2.37. The zero-order valence-electron chi connectivity index (χ0n) is 11.2. The van der Waals surface area contributed by atoms with E-state index in [2.05, 4.69) is 34.9 Å². The molecule has 2 aromatic rings. The number of nitrogens with zero attached hydrogens (tertiary/aromatic N) is 3. The molecule has 1 fully saturated rings. The molecule has 0 unspecified atom stereocenters. The first-order chi connectivity index (χ1) is 9.15. The van der Waals surface area contributed by atoms with Crippen LogP contribution in [0.4, 0.5) is 11.8 Å². The minimum atomic E-state index is 0.350. The normalized spacial score (nSPS) is 16.9. The summed E-state index contributed by atoms with van der Waals surface area (Å²) in [5.74, 6) is 1.29. The molecule has 102 valence electrons. The number of fused-ring (bicyclic) bond motifs is 1.